The second-order valence-corrected chi connectivity index (χ2v) is 8.82. The molecule has 1 heterocycles. The standard InChI is InChI=1S/C27H24N2O4S/c1-19(30)20-8-12-23(13-9-20)28-27-29(16-5-17-34-27)25(31)18-33-24-14-10-22(11-15-24)26(32)21-6-3-2-4-7-21/h2-4,6-15H,5,16-18H2,1H3. The van der Waals surface area contributed by atoms with Crippen LogP contribution in [0, 0.1) is 0 Å². The van der Waals surface area contributed by atoms with E-state index < -0.39 is 0 Å². The summed E-state index contributed by atoms with van der Waals surface area (Å²) in [5.41, 5.74) is 2.49. The molecular formula is C27H24N2O4S. The van der Waals surface area contributed by atoms with Gasteiger partial charge in [-0.25, -0.2) is 4.99 Å². The lowest BCUT2D eigenvalue weighted by atomic mass is 10.0. The molecule has 0 bridgehead atoms. The summed E-state index contributed by atoms with van der Waals surface area (Å²) in [7, 11) is 0. The van der Waals surface area contributed by atoms with Gasteiger partial charge in [0.05, 0.1) is 5.69 Å². The molecule has 1 aliphatic heterocycles. The molecule has 0 unspecified atom stereocenters. The van der Waals surface area contributed by atoms with Crippen LogP contribution in [0.2, 0.25) is 0 Å². The van der Waals surface area contributed by atoms with E-state index >= 15 is 0 Å². The van der Waals surface area contributed by atoms with Crippen molar-refractivity contribution >= 4 is 40.1 Å². The van der Waals surface area contributed by atoms with E-state index in [9.17, 15) is 14.4 Å². The summed E-state index contributed by atoms with van der Waals surface area (Å²) < 4.78 is 5.70. The average Bonchev–Trinajstić information content (AvgIpc) is 2.88. The first-order valence-electron chi connectivity index (χ1n) is 11.0. The first-order chi connectivity index (χ1) is 16.5. The fraction of sp³-hybridized carbons (Fsp3) is 0.185. The average molecular weight is 473 g/mol. The first-order valence-corrected chi connectivity index (χ1v) is 12.0. The van der Waals surface area contributed by atoms with E-state index in [2.05, 4.69) is 4.99 Å². The molecule has 3 aromatic carbocycles. The van der Waals surface area contributed by atoms with Crippen LogP contribution in [0.15, 0.2) is 83.9 Å². The van der Waals surface area contributed by atoms with Crippen LogP contribution >= 0.6 is 11.8 Å². The highest BCUT2D eigenvalue weighted by molar-refractivity contribution is 8.13. The van der Waals surface area contributed by atoms with Gasteiger partial charge < -0.3 is 4.74 Å². The van der Waals surface area contributed by atoms with E-state index in [1.165, 1.54) is 18.7 Å². The van der Waals surface area contributed by atoms with Crippen molar-refractivity contribution in [2.45, 2.75) is 13.3 Å². The van der Waals surface area contributed by atoms with E-state index in [0.717, 1.165) is 12.2 Å². The van der Waals surface area contributed by atoms with E-state index in [1.54, 1.807) is 65.6 Å². The van der Waals surface area contributed by atoms with Crippen LogP contribution in [0.5, 0.6) is 5.75 Å². The highest BCUT2D eigenvalue weighted by Gasteiger charge is 2.24. The number of aliphatic imine (C=N–C) groups is 1. The Hall–Kier alpha value is -3.71. The number of benzene rings is 3. The fourth-order valence-corrected chi connectivity index (χ4v) is 4.42. The monoisotopic (exact) mass is 472 g/mol. The van der Waals surface area contributed by atoms with Crippen molar-refractivity contribution in [1.82, 2.24) is 4.90 Å². The third-order valence-corrected chi connectivity index (χ3v) is 6.37. The zero-order chi connectivity index (χ0) is 23.9. The number of thioether (sulfide) groups is 1. The summed E-state index contributed by atoms with van der Waals surface area (Å²) in [5, 5.41) is 0.624. The minimum atomic E-state index is -0.184. The molecule has 1 aliphatic rings. The van der Waals surface area contributed by atoms with Gasteiger partial charge in [0.2, 0.25) is 0 Å². The van der Waals surface area contributed by atoms with Crippen LogP contribution < -0.4 is 4.74 Å². The van der Waals surface area contributed by atoms with Crippen LogP contribution in [-0.4, -0.2) is 46.4 Å². The summed E-state index contributed by atoms with van der Waals surface area (Å²) in [4.78, 5) is 43.1. The number of ketones is 2. The fourth-order valence-electron chi connectivity index (χ4n) is 3.45. The molecule has 0 N–H and O–H groups in total. The minimum absolute atomic E-state index is 0.00216. The smallest absolute Gasteiger partial charge is 0.266 e. The Morgan fingerprint density at radius 3 is 2.21 bits per heavy atom. The van der Waals surface area contributed by atoms with Gasteiger partial charge in [0, 0.05) is 29.0 Å². The van der Waals surface area contributed by atoms with Gasteiger partial charge in [-0.15, -0.1) is 0 Å². The van der Waals surface area contributed by atoms with Crippen molar-refractivity contribution in [2.24, 2.45) is 4.99 Å². The molecule has 3 aromatic rings. The van der Waals surface area contributed by atoms with E-state index in [-0.39, 0.29) is 24.1 Å². The predicted molar refractivity (Wildman–Crippen MR) is 134 cm³/mol. The Labute approximate surface area is 202 Å². The molecule has 1 amide bonds. The summed E-state index contributed by atoms with van der Waals surface area (Å²) in [6, 6.07) is 22.9. The minimum Gasteiger partial charge on any atom is -0.484 e. The Bertz CT molecular complexity index is 1210. The number of nitrogens with zero attached hydrogens (tertiary/aromatic N) is 2. The Balaban J connectivity index is 1.39. The lowest BCUT2D eigenvalue weighted by Crippen LogP contribution is -2.41. The van der Waals surface area contributed by atoms with Gasteiger partial charge in [0.15, 0.2) is 23.3 Å². The maximum absolute atomic E-state index is 12.9. The van der Waals surface area contributed by atoms with E-state index in [1.807, 2.05) is 18.2 Å². The molecule has 0 radical (unpaired) electrons. The second-order valence-electron chi connectivity index (χ2n) is 7.75. The molecule has 1 fully saturated rings. The summed E-state index contributed by atoms with van der Waals surface area (Å²) in [6.45, 7) is 1.96. The van der Waals surface area contributed by atoms with Gasteiger partial charge in [0.1, 0.15) is 5.75 Å². The number of amidine groups is 1. The molecule has 0 saturated carbocycles. The van der Waals surface area contributed by atoms with Crippen molar-refractivity contribution in [3.05, 3.63) is 95.6 Å². The van der Waals surface area contributed by atoms with Gasteiger partial charge in [-0.1, -0.05) is 42.1 Å². The zero-order valence-corrected chi connectivity index (χ0v) is 19.6. The SMILES string of the molecule is CC(=O)c1ccc(N=C2SCCCN2C(=O)COc2ccc(C(=O)c3ccccc3)cc2)cc1. The number of ether oxygens (including phenoxy) is 1. The molecule has 1 saturated heterocycles. The molecule has 4 rings (SSSR count). The van der Waals surface area contributed by atoms with Gasteiger partial charge in [0.25, 0.3) is 5.91 Å². The summed E-state index contributed by atoms with van der Waals surface area (Å²) >= 11 is 1.52. The van der Waals surface area contributed by atoms with E-state index in [0.29, 0.717) is 39.8 Å². The normalized spacial score (nSPS) is 14.6. The van der Waals surface area contributed by atoms with Gasteiger partial charge >= 0.3 is 0 Å². The second kappa shape index (κ2) is 10.9. The van der Waals surface area contributed by atoms with Gasteiger partial charge in [-0.3, -0.25) is 19.3 Å². The Kier molecular flexibility index (Phi) is 7.54. The van der Waals surface area contributed by atoms with Crippen molar-refractivity contribution in [1.29, 1.82) is 0 Å². The number of rotatable bonds is 7. The van der Waals surface area contributed by atoms with Crippen LogP contribution in [-0.2, 0) is 4.79 Å². The predicted octanol–water partition coefficient (Wildman–Crippen LogP) is 5.15. The zero-order valence-electron chi connectivity index (χ0n) is 18.8. The number of hydrogen-bond acceptors (Lipinski definition) is 6. The molecule has 0 spiro atoms. The Morgan fingerprint density at radius 1 is 0.882 bits per heavy atom. The van der Waals surface area contributed by atoms with Crippen molar-refractivity contribution in [3.63, 3.8) is 0 Å². The summed E-state index contributed by atoms with van der Waals surface area (Å²) in [5.74, 6) is 1.14. The lowest BCUT2D eigenvalue weighted by Gasteiger charge is -2.27. The van der Waals surface area contributed by atoms with Crippen LogP contribution in [0.4, 0.5) is 5.69 Å². The number of carbonyl (C=O) groups is 3. The van der Waals surface area contributed by atoms with Crippen molar-refractivity contribution in [2.75, 3.05) is 18.9 Å². The third kappa shape index (κ3) is 5.80. The molecule has 172 valence electrons. The van der Waals surface area contributed by atoms with E-state index in [4.69, 9.17) is 4.74 Å². The molecular weight excluding hydrogens is 448 g/mol. The Morgan fingerprint density at radius 2 is 1.53 bits per heavy atom. The van der Waals surface area contributed by atoms with Gasteiger partial charge in [-0.2, -0.15) is 0 Å². The van der Waals surface area contributed by atoms with Crippen molar-refractivity contribution < 1.29 is 19.1 Å². The quantitative estimate of drug-likeness (QED) is 0.445. The van der Waals surface area contributed by atoms with Crippen LogP contribution in [0.1, 0.15) is 39.6 Å². The highest BCUT2D eigenvalue weighted by atomic mass is 32.2. The molecule has 7 heteroatoms. The van der Waals surface area contributed by atoms with Gasteiger partial charge in [-0.05, 0) is 61.9 Å². The number of Topliss-reactive ketones (excluding diaryl/α,β-unsaturated/α-hetero) is 1. The molecule has 0 aromatic heterocycles. The number of hydrogen-bond donors (Lipinski definition) is 0. The maximum atomic E-state index is 12.9. The third-order valence-electron chi connectivity index (χ3n) is 5.30. The summed E-state index contributed by atoms with van der Waals surface area (Å²) in [6.07, 6.45) is 0.870. The number of amides is 1. The molecule has 0 aliphatic carbocycles. The topological polar surface area (TPSA) is 76.0 Å². The molecule has 34 heavy (non-hydrogen) atoms. The maximum Gasteiger partial charge on any atom is 0.266 e. The highest BCUT2D eigenvalue weighted by Crippen LogP contribution is 2.23. The number of carbonyl (C=O) groups excluding carboxylic acids is 3. The van der Waals surface area contributed by atoms with Crippen LogP contribution in [0.3, 0.4) is 0 Å². The first kappa shape index (κ1) is 23.4. The largest absolute Gasteiger partial charge is 0.484 e. The molecule has 6 nitrogen and oxygen atoms in total. The van der Waals surface area contributed by atoms with Crippen molar-refractivity contribution in [3.8, 4) is 5.75 Å². The van der Waals surface area contributed by atoms with Crippen LogP contribution in [0.25, 0.3) is 0 Å². The molecule has 0 atom stereocenters. The lowest BCUT2D eigenvalue weighted by molar-refractivity contribution is -0.129.